The number of rotatable bonds is 3. The van der Waals surface area contributed by atoms with Crippen LogP contribution in [0.3, 0.4) is 0 Å². The Balaban J connectivity index is 2.87. The van der Waals surface area contributed by atoms with Crippen LogP contribution in [0.5, 0.6) is 0 Å². The van der Waals surface area contributed by atoms with E-state index in [1.54, 1.807) is 6.20 Å². The molecule has 0 spiro atoms. The molecule has 0 saturated heterocycles. The van der Waals surface area contributed by atoms with Crippen molar-refractivity contribution in [2.24, 2.45) is 0 Å². The van der Waals surface area contributed by atoms with Crippen LogP contribution in [0.2, 0.25) is 0 Å². The molecule has 0 unspecified atom stereocenters. The van der Waals surface area contributed by atoms with Gasteiger partial charge in [0.25, 0.3) is 0 Å². The van der Waals surface area contributed by atoms with Crippen LogP contribution in [-0.4, -0.2) is 22.8 Å². The summed E-state index contributed by atoms with van der Waals surface area (Å²) in [5.41, 5.74) is 6.69. The van der Waals surface area contributed by atoms with E-state index in [0.29, 0.717) is 11.9 Å². The fourth-order valence-electron chi connectivity index (χ4n) is 1.33. The Kier molecular flexibility index (Phi) is 2.58. The van der Waals surface area contributed by atoms with Crippen molar-refractivity contribution in [3.05, 3.63) is 6.20 Å². The van der Waals surface area contributed by atoms with E-state index in [0.717, 1.165) is 12.2 Å². The van der Waals surface area contributed by atoms with Gasteiger partial charge >= 0.3 is 0 Å². The summed E-state index contributed by atoms with van der Waals surface area (Å²) in [6.07, 6.45) is 1.76. The van der Waals surface area contributed by atoms with Crippen LogP contribution < -0.4 is 10.6 Å². The Hall–Kier alpha value is -1.19. The second kappa shape index (κ2) is 3.47. The predicted molar refractivity (Wildman–Crippen MR) is 51.2 cm³/mol. The van der Waals surface area contributed by atoms with Crippen LogP contribution in [0.15, 0.2) is 6.20 Å². The lowest BCUT2D eigenvalue weighted by atomic mass is 10.3. The van der Waals surface area contributed by atoms with Gasteiger partial charge in [0.05, 0.1) is 11.9 Å². The standard InChI is InChI=1S/C8H16N4/c1-4-12(6(2)3)7-5-10-11-8(7)9/h5-6H,4H2,1-3H3,(H3,9,10,11). The number of aromatic nitrogens is 2. The molecule has 0 aliphatic heterocycles. The highest BCUT2D eigenvalue weighted by atomic mass is 15.2. The number of hydrogen-bond donors (Lipinski definition) is 2. The summed E-state index contributed by atoms with van der Waals surface area (Å²) in [5, 5.41) is 6.61. The zero-order valence-electron chi connectivity index (χ0n) is 7.83. The minimum Gasteiger partial charge on any atom is -0.382 e. The third-order valence-corrected chi connectivity index (χ3v) is 1.92. The Morgan fingerprint density at radius 2 is 2.33 bits per heavy atom. The van der Waals surface area contributed by atoms with Gasteiger partial charge in [-0.2, -0.15) is 5.10 Å². The topological polar surface area (TPSA) is 57.9 Å². The van der Waals surface area contributed by atoms with Gasteiger partial charge < -0.3 is 10.6 Å². The van der Waals surface area contributed by atoms with E-state index in [4.69, 9.17) is 5.73 Å². The number of anilines is 2. The fraction of sp³-hybridized carbons (Fsp3) is 0.625. The van der Waals surface area contributed by atoms with E-state index in [9.17, 15) is 0 Å². The summed E-state index contributed by atoms with van der Waals surface area (Å²) in [6.45, 7) is 7.32. The highest BCUT2D eigenvalue weighted by molar-refractivity contribution is 5.62. The van der Waals surface area contributed by atoms with Crippen molar-refractivity contribution in [1.82, 2.24) is 10.2 Å². The quantitative estimate of drug-likeness (QED) is 0.713. The Bertz CT molecular complexity index is 241. The lowest BCUT2D eigenvalue weighted by Gasteiger charge is -2.26. The molecule has 1 aromatic rings. The summed E-state index contributed by atoms with van der Waals surface area (Å²) < 4.78 is 0. The maximum atomic E-state index is 5.70. The van der Waals surface area contributed by atoms with Crippen LogP contribution in [0.1, 0.15) is 20.8 Å². The van der Waals surface area contributed by atoms with Crippen molar-refractivity contribution in [2.45, 2.75) is 26.8 Å². The largest absolute Gasteiger partial charge is 0.382 e. The molecule has 0 aliphatic rings. The van der Waals surface area contributed by atoms with Crippen LogP contribution in [-0.2, 0) is 0 Å². The van der Waals surface area contributed by atoms with Crippen molar-refractivity contribution in [1.29, 1.82) is 0 Å². The first kappa shape index (κ1) is 8.90. The van der Waals surface area contributed by atoms with Crippen molar-refractivity contribution in [3.8, 4) is 0 Å². The molecule has 3 N–H and O–H groups in total. The molecule has 0 atom stereocenters. The molecule has 0 saturated carbocycles. The molecular formula is C8H16N4. The van der Waals surface area contributed by atoms with Crippen molar-refractivity contribution in [3.63, 3.8) is 0 Å². The van der Waals surface area contributed by atoms with E-state index in [1.165, 1.54) is 0 Å². The molecule has 1 rings (SSSR count). The summed E-state index contributed by atoms with van der Waals surface area (Å²) in [4.78, 5) is 2.19. The zero-order valence-corrected chi connectivity index (χ0v) is 7.83. The van der Waals surface area contributed by atoms with Crippen LogP contribution in [0, 0.1) is 0 Å². The molecule has 0 aromatic carbocycles. The van der Waals surface area contributed by atoms with E-state index >= 15 is 0 Å². The third kappa shape index (κ3) is 1.52. The minimum absolute atomic E-state index is 0.454. The Morgan fingerprint density at radius 3 is 2.67 bits per heavy atom. The first-order chi connectivity index (χ1) is 5.66. The molecule has 4 heteroatoms. The molecule has 4 nitrogen and oxygen atoms in total. The summed E-state index contributed by atoms with van der Waals surface area (Å²) in [7, 11) is 0. The van der Waals surface area contributed by atoms with Gasteiger partial charge in [0.1, 0.15) is 5.82 Å². The monoisotopic (exact) mass is 168 g/mol. The Labute approximate surface area is 72.8 Å². The number of H-pyrrole nitrogens is 1. The molecule has 68 valence electrons. The molecular weight excluding hydrogens is 152 g/mol. The van der Waals surface area contributed by atoms with Crippen LogP contribution in [0.25, 0.3) is 0 Å². The average Bonchev–Trinajstić information content (AvgIpc) is 2.38. The molecule has 0 fully saturated rings. The number of nitrogens with one attached hydrogen (secondary N) is 1. The highest BCUT2D eigenvalue weighted by Gasteiger charge is 2.12. The van der Waals surface area contributed by atoms with Gasteiger partial charge in [0, 0.05) is 12.6 Å². The molecule has 0 bridgehead atoms. The van der Waals surface area contributed by atoms with Gasteiger partial charge in [-0.3, -0.25) is 5.10 Å². The van der Waals surface area contributed by atoms with E-state index in [1.807, 2.05) is 0 Å². The molecule has 1 heterocycles. The van der Waals surface area contributed by atoms with E-state index in [-0.39, 0.29) is 0 Å². The second-order valence-corrected chi connectivity index (χ2v) is 3.05. The molecule has 0 aliphatic carbocycles. The molecule has 1 aromatic heterocycles. The molecule has 12 heavy (non-hydrogen) atoms. The third-order valence-electron chi connectivity index (χ3n) is 1.92. The van der Waals surface area contributed by atoms with E-state index < -0.39 is 0 Å². The lowest BCUT2D eigenvalue weighted by molar-refractivity contribution is 0.705. The second-order valence-electron chi connectivity index (χ2n) is 3.05. The van der Waals surface area contributed by atoms with Gasteiger partial charge in [0.15, 0.2) is 0 Å². The number of nitrogen functional groups attached to an aromatic ring is 1. The van der Waals surface area contributed by atoms with Gasteiger partial charge in [-0.05, 0) is 20.8 Å². The van der Waals surface area contributed by atoms with Crippen LogP contribution >= 0.6 is 0 Å². The molecule has 0 radical (unpaired) electrons. The van der Waals surface area contributed by atoms with Crippen molar-refractivity contribution < 1.29 is 0 Å². The van der Waals surface area contributed by atoms with Crippen molar-refractivity contribution >= 4 is 11.5 Å². The lowest BCUT2D eigenvalue weighted by Crippen LogP contribution is -2.30. The summed E-state index contributed by atoms with van der Waals surface area (Å²) in [6, 6.07) is 0.454. The Morgan fingerprint density at radius 1 is 1.67 bits per heavy atom. The van der Waals surface area contributed by atoms with Gasteiger partial charge in [-0.15, -0.1) is 0 Å². The maximum Gasteiger partial charge on any atom is 0.142 e. The van der Waals surface area contributed by atoms with Gasteiger partial charge in [-0.25, -0.2) is 0 Å². The van der Waals surface area contributed by atoms with Crippen molar-refractivity contribution in [2.75, 3.05) is 17.2 Å². The fourth-order valence-corrected chi connectivity index (χ4v) is 1.33. The highest BCUT2D eigenvalue weighted by Crippen LogP contribution is 2.21. The predicted octanol–water partition coefficient (Wildman–Crippen LogP) is 1.23. The number of hydrogen-bond acceptors (Lipinski definition) is 3. The normalized spacial score (nSPS) is 10.7. The first-order valence-corrected chi connectivity index (χ1v) is 4.22. The van der Waals surface area contributed by atoms with Crippen LogP contribution in [0.4, 0.5) is 11.5 Å². The summed E-state index contributed by atoms with van der Waals surface area (Å²) >= 11 is 0. The number of nitrogens with two attached hydrogens (primary N) is 1. The minimum atomic E-state index is 0.454. The number of aromatic amines is 1. The first-order valence-electron chi connectivity index (χ1n) is 4.22. The summed E-state index contributed by atoms with van der Waals surface area (Å²) in [5.74, 6) is 0.644. The average molecular weight is 168 g/mol. The smallest absolute Gasteiger partial charge is 0.142 e. The zero-order chi connectivity index (χ0) is 9.14. The number of nitrogens with zero attached hydrogens (tertiary/aromatic N) is 2. The maximum absolute atomic E-state index is 5.70. The van der Waals surface area contributed by atoms with Gasteiger partial charge in [-0.1, -0.05) is 0 Å². The molecule has 0 amide bonds. The SMILES string of the molecule is CCN(c1cn[nH]c1N)C(C)C. The van der Waals surface area contributed by atoms with E-state index in [2.05, 4.69) is 35.9 Å². The van der Waals surface area contributed by atoms with Gasteiger partial charge in [0.2, 0.25) is 0 Å².